The molecule has 1 aromatic rings. The average Bonchev–Trinajstić information content (AvgIpc) is 2.70. The van der Waals surface area contributed by atoms with E-state index in [9.17, 15) is 9.59 Å². The van der Waals surface area contributed by atoms with Crippen LogP contribution < -0.4 is 0 Å². The third-order valence-corrected chi connectivity index (χ3v) is 2.17. The number of carbonyl (C=O) groups excluding carboxylic acids is 2. The van der Waals surface area contributed by atoms with Crippen molar-refractivity contribution in [2.45, 2.75) is 13.3 Å². The zero-order chi connectivity index (χ0) is 12.1. The fourth-order valence-corrected chi connectivity index (χ4v) is 1.14. The molecule has 0 unspecified atom stereocenters. The Morgan fingerprint density at radius 3 is 2.75 bits per heavy atom. The zero-order valence-corrected chi connectivity index (χ0v) is 9.52. The summed E-state index contributed by atoms with van der Waals surface area (Å²) in [6, 6.07) is 0. The lowest BCUT2D eigenvalue weighted by Gasteiger charge is -2.14. The van der Waals surface area contributed by atoms with Crippen LogP contribution in [0.1, 0.15) is 22.7 Å². The van der Waals surface area contributed by atoms with Crippen molar-refractivity contribution in [3.63, 3.8) is 0 Å². The van der Waals surface area contributed by atoms with E-state index in [1.807, 2.05) is 0 Å². The molecule has 0 N–H and O–H groups in total. The number of esters is 1. The van der Waals surface area contributed by atoms with E-state index >= 15 is 0 Å². The van der Waals surface area contributed by atoms with Gasteiger partial charge in [-0.3, -0.25) is 9.59 Å². The molecule has 0 radical (unpaired) electrons. The smallest absolute Gasteiger partial charge is 0.307 e. The Balaban J connectivity index is 2.55. The second kappa shape index (κ2) is 5.29. The minimum absolute atomic E-state index is 0.159. The van der Waals surface area contributed by atoms with Crippen LogP contribution in [0.4, 0.5) is 0 Å². The number of hydrogen-bond donors (Lipinski definition) is 0. The van der Waals surface area contributed by atoms with E-state index in [0.29, 0.717) is 5.69 Å². The topological polar surface area (TPSA) is 72.6 Å². The molecule has 0 atom stereocenters. The van der Waals surface area contributed by atoms with E-state index in [1.54, 1.807) is 14.0 Å². The van der Waals surface area contributed by atoms with Crippen LogP contribution in [0.3, 0.4) is 0 Å². The molecule has 1 heterocycles. The maximum atomic E-state index is 11.8. The van der Waals surface area contributed by atoms with E-state index in [2.05, 4.69) is 9.72 Å². The summed E-state index contributed by atoms with van der Waals surface area (Å²) >= 11 is 0. The molecule has 0 fully saturated rings. The Morgan fingerprint density at radius 1 is 1.56 bits per heavy atom. The first kappa shape index (κ1) is 12.2. The Hall–Kier alpha value is -1.85. The van der Waals surface area contributed by atoms with Crippen LogP contribution in [0.15, 0.2) is 10.8 Å². The quantitative estimate of drug-likeness (QED) is 0.703. The number of methoxy groups -OCH3 is 1. The second-order valence-electron chi connectivity index (χ2n) is 3.32. The number of carbonyl (C=O) groups is 2. The highest BCUT2D eigenvalue weighted by atomic mass is 16.5. The lowest BCUT2D eigenvalue weighted by Crippen LogP contribution is -2.29. The van der Waals surface area contributed by atoms with E-state index in [4.69, 9.17) is 4.42 Å². The summed E-state index contributed by atoms with van der Waals surface area (Å²) in [5, 5.41) is 0. The fraction of sp³-hybridized carbons (Fsp3) is 0.500. The van der Waals surface area contributed by atoms with Crippen LogP contribution in [0.2, 0.25) is 0 Å². The number of nitrogens with zero attached hydrogens (tertiary/aromatic N) is 2. The average molecular weight is 226 g/mol. The molecule has 88 valence electrons. The first-order chi connectivity index (χ1) is 7.56. The van der Waals surface area contributed by atoms with Crippen molar-refractivity contribution in [1.82, 2.24) is 9.88 Å². The molecular weight excluding hydrogens is 212 g/mol. The molecule has 1 aromatic heterocycles. The Labute approximate surface area is 93.2 Å². The SMILES string of the molecule is COC(=O)CCN(C)C(=O)c1ocnc1C. The molecule has 1 amide bonds. The lowest BCUT2D eigenvalue weighted by atomic mass is 10.3. The molecule has 0 saturated carbocycles. The predicted octanol–water partition coefficient (Wildman–Crippen LogP) is 0.618. The molecular formula is C10H14N2O4. The van der Waals surface area contributed by atoms with E-state index < -0.39 is 0 Å². The van der Waals surface area contributed by atoms with Gasteiger partial charge in [-0.2, -0.15) is 0 Å². The van der Waals surface area contributed by atoms with Crippen molar-refractivity contribution < 1.29 is 18.7 Å². The first-order valence-corrected chi connectivity index (χ1v) is 4.78. The lowest BCUT2D eigenvalue weighted by molar-refractivity contribution is -0.140. The van der Waals surface area contributed by atoms with Crippen LogP contribution in [-0.2, 0) is 9.53 Å². The van der Waals surface area contributed by atoms with E-state index in [1.165, 1.54) is 18.4 Å². The van der Waals surface area contributed by atoms with Crippen LogP contribution in [0.5, 0.6) is 0 Å². The standard InChI is InChI=1S/C10H14N2O4/c1-7-9(16-6-11-7)10(14)12(2)5-4-8(13)15-3/h6H,4-5H2,1-3H3. The number of ether oxygens (including phenoxy) is 1. The zero-order valence-electron chi connectivity index (χ0n) is 9.52. The van der Waals surface area contributed by atoms with Gasteiger partial charge in [0, 0.05) is 13.6 Å². The monoisotopic (exact) mass is 226 g/mol. The van der Waals surface area contributed by atoms with Crippen molar-refractivity contribution >= 4 is 11.9 Å². The van der Waals surface area contributed by atoms with Crippen molar-refractivity contribution in [1.29, 1.82) is 0 Å². The van der Waals surface area contributed by atoms with Gasteiger partial charge in [-0.05, 0) is 6.92 Å². The van der Waals surface area contributed by atoms with Crippen molar-refractivity contribution in [3.05, 3.63) is 17.8 Å². The molecule has 1 rings (SSSR count). The van der Waals surface area contributed by atoms with Gasteiger partial charge in [0.2, 0.25) is 5.76 Å². The number of aryl methyl sites for hydroxylation is 1. The molecule has 0 aliphatic carbocycles. The third kappa shape index (κ3) is 2.82. The van der Waals surface area contributed by atoms with Gasteiger partial charge in [0.1, 0.15) is 0 Å². The molecule has 6 heteroatoms. The number of rotatable bonds is 4. The highest BCUT2D eigenvalue weighted by Gasteiger charge is 2.18. The summed E-state index contributed by atoms with van der Waals surface area (Å²) in [4.78, 5) is 27.9. The summed E-state index contributed by atoms with van der Waals surface area (Å²) < 4.78 is 9.44. The summed E-state index contributed by atoms with van der Waals surface area (Å²) in [5.74, 6) is -0.444. The minimum Gasteiger partial charge on any atom is -0.469 e. The molecule has 6 nitrogen and oxygen atoms in total. The van der Waals surface area contributed by atoms with Gasteiger partial charge in [0.05, 0.1) is 19.2 Å². The molecule has 0 saturated heterocycles. The van der Waals surface area contributed by atoms with E-state index in [0.717, 1.165) is 0 Å². The highest BCUT2D eigenvalue weighted by molar-refractivity contribution is 5.92. The van der Waals surface area contributed by atoms with Gasteiger partial charge in [-0.1, -0.05) is 0 Å². The van der Waals surface area contributed by atoms with Crippen molar-refractivity contribution in [2.75, 3.05) is 20.7 Å². The van der Waals surface area contributed by atoms with Gasteiger partial charge in [-0.15, -0.1) is 0 Å². The molecule has 0 aromatic carbocycles. The number of amides is 1. The predicted molar refractivity (Wildman–Crippen MR) is 54.8 cm³/mol. The van der Waals surface area contributed by atoms with Gasteiger partial charge < -0.3 is 14.1 Å². The number of hydrogen-bond acceptors (Lipinski definition) is 5. The Kier molecular flexibility index (Phi) is 4.04. The van der Waals surface area contributed by atoms with Crippen LogP contribution in [0.25, 0.3) is 0 Å². The second-order valence-corrected chi connectivity index (χ2v) is 3.32. The Bertz CT molecular complexity index is 386. The summed E-state index contributed by atoms with van der Waals surface area (Å²) in [6.07, 6.45) is 1.38. The third-order valence-electron chi connectivity index (χ3n) is 2.17. The molecule has 0 aliphatic rings. The van der Waals surface area contributed by atoms with Crippen LogP contribution >= 0.6 is 0 Å². The van der Waals surface area contributed by atoms with Gasteiger partial charge in [0.25, 0.3) is 5.91 Å². The summed E-state index contributed by atoms with van der Waals surface area (Å²) in [7, 11) is 2.90. The maximum absolute atomic E-state index is 11.8. The normalized spacial score (nSPS) is 9.94. The number of oxazole rings is 1. The van der Waals surface area contributed by atoms with Gasteiger partial charge >= 0.3 is 5.97 Å². The van der Waals surface area contributed by atoms with Gasteiger partial charge in [0.15, 0.2) is 6.39 Å². The molecule has 0 spiro atoms. The van der Waals surface area contributed by atoms with Crippen LogP contribution in [0, 0.1) is 6.92 Å². The van der Waals surface area contributed by atoms with Crippen LogP contribution in [-0.4, -0.2) is 42.5 Å². The summed E-state index contributed by atoms with van der Waals surface area (Å²) in [5.41, 5.74) is 0.537. The van der Waals surface area contributed by atoms with E-state index in [-0.39, 0.29) is 30.6 Å². The highest BCUT2D eigenvalue weighted by Crippen LogP contribution is 2.08. The molecule has 0 aliphatic heterocycles. The Morgan fingerprint density at radius 2 is 2.25 bits per heavy atom. The van der Waals surface area contributed by atoms with Crippen molar-refractivity contribution in [3.8, 4) is 0 Å². The largest absolute Gasteiger partial charge is 0.469 e. The van der Waals surface area contributed by atoms with Gasteiger partial charge in [-0.25, -0.2) is 4.98 Å². The molecule has 0 bridgehead atoms. The van der Waals surface area contributed by atoms with Crippen molar-refractivity contribution in [2.24, 2.45) is 0 Å². The number of aromatic nitrogens is 1. The minimum atomic E-state index is -0.353. The summed E-state index contributed by atoms with van der Waals surface area (Å²) in [6.45, 7) is 1.97. The molecule has 16 heavy (non-hydrogen) atoms. The first-order valence-electron chi connectivity index (χ1n) is 4.78. The maximum Gasteiger partial charge on any atom is 0.307 e. The fourth-order valence-electron chi connectivity index (χ4n) is 1.14.